The topological polar surface area (TPSA) is 79.3 Å². The maximum atomic E-state index is 12.7. The number of hydrogen-bond donors (Lipinski definition) is 2. The zero-order valence-electron chi connectivity index (χ0n) is 16.3. The number of nitrogens with zero attached hydrogens (tertiary/aromatic N) is 3. The van der Waals surface area contributed by atoms with Gasteiger partial charge in [0.1, 0.15) is 0 Å². The molecule has 2 aromatic rings. The molecule has 0 aliphatic carbocycles. The van der Waals surface area contributed by atoms with Gasteiger partial charge in [-0.05, 0) is 39.8 Å². The normalized spacial score (nSPS) is 15.9. The Hall–Kier alpha value is -2.67. The van der Waals surface area contributed by atoms with Gasteiger partial charge in [-0.15, -0.1) is 0 Å². The van der Waals surface area contributed by atoms with Crippen molar-refractivity contribution in [2.24, 2.45) is 5.92 Å². The maximum absolute atomic E-state index is 12.7. The first kappa shape index (κ1) is 19.1. The second-order valence-corrected chi connectivity index (χ2v) is 7.00. The smallest absolute Gasteiger partial charge is 0.241 e. The van der Waals surface area contributed by atoms with Crippen LogP contribution in [0.15, 0.2) is 30.3 Å². The summed E-state index contributed by atoms with van der Waals surface area (Å²) in [5.74, 6) is -0.0372. The van der Waals surface area contributed by atoms with Gasteiger partial charge in [0.25, 0.3) is 0 Å². The van der Waals surface area contributed by atoms with Crippen molar-refractivity contribution in [1.29, 1.82) is 0 Å². The number of aryl methyl sites for hydroxylation is 1. The number of carbonyl (C=O) groups is 2. The average Bonchev–Trinajstić information content (AvgIpc) is 2.89. The van der Waals surface area contributed by atoms with Crippen LogP contribution in [0.3, 0.4) is 0 Å². The SMILES string of the molecule is CCNC(=O)C1CN([C@@H](C)C(=O)Nc2c(C)nn(-c3ccccc3)c2C)C1. The van der Waals surface area contributed by atoms with Gasteiger partial charge in [0, 0.05) is 19.6 Å². The number of rotatable bonds is 6. The Labute approximate surface area is 159 Å². The second-order valence-electron chi connectivity index (χ2n) is 7.00. The Morgan fingerprint density at radius 2 is 1.89 bits per heavy atom. The summed E-state index contributed by atoms with van der Waals surface area (Å²) in [6.45, 7) is 9.47. The van der Waals surface area contributed by atoms with Crippen molar-refractivity contribution in [3.63, 3.8) is 0 Å². The molecule has 0 saturated carbocycles. The van der Waals surface area contributed by atoms with Crippen molar-refractivity contribution in [3.8, 4) is 5.69 Å². The van der Waals surface area contributed by atoms with E-state index in [1.54, 1.807) is 0 Å². The van der Waals surface area contributed by atoms with Crippen LogP contribution in [0, 0.1) is 19.8 Å². The van der Waals surface area contributed by atoms with Crippen molar-refractivity contribution in [2.75, 3.05) is 25.0 Å². The third-order valence-corrected chi connectivity index (χ3v) is 5.10. The van der Waals surface area contributed by atoms with Crippen LogP contribution in [-0.4, -0.2) is 52.2 Å². The van der Waals surface area contributed by atoms with E-state index in [4.69, 9.17) is 0 Å². The lowest BCUT2D eigenvalue weighted by molar-refractivity contribution is -0.135. The molecule has 1 aliphatic heterocycles. The Balaban J connectivity index is 1.65. The molecule has 1 aromatic heterocycles. The molecule has 0 spiro atoms. The van der Waals surface area contributed by atoms with E-state index in [1.807, 2.05) is 67.6 Å². The molecule has 1 saturated heterocycles. The lowest BCUT2D eigenvalue weighted by Gasteiger charge is -2.41. The number of likely N-dealkylation sites (tertiary alicyclic amines) is 1. The highest BCUT2D eigenvalue weighted by Gasteiger charge is 2.37. The molecule has 1 fully saturated rings. The summed E-state index contributed by atoms with van der Waals surface area (Å²) in [7, 11) is 0. The van der Waals surface area contributed by atoms with Crippen LogP contribution in [-0.2, 0) is 9.59 Å². The van der Waals surface area contributed by atoms with E-state index >= 15 is 0 Å². The molecule has 0 radical (unpaired) electrons. The molecule has 2 amide bonds. The number of aromatic nitrogens is 2. The summed E-state index contributed by atoms with van der Waals surface area (Å²) in [4.78, 5) is 26.6. The van der Waals surface area contributed by atoms with Crippen LogP contribution in [0.2, 0.25) is 0 Å². The fourth-order valence-corrected chi connectivity index (χ4v) is 3.35. The molecule has 1 aromatic carbocycles. The first-order valence-electron chi connectivity index (χ1n) is 9.36. The van der Waals surface area contributed by atoms with Crippen molar-refractivity contribution >= 4 is 17.5 Å². The van der Waals surface area contributed by atoms with Gasteiger partial charge in [0.05, 0.1) is 34.7 Å². The Kier molecular flexibility index (Phi) is 5.60. The molecule has 27 heavy (non-hydrogen) atoms. The van der Waals surface area contributed by atoms with E-state index in [9.17, 15) is 9.59 Å². The monoisotopic (exact) mass is 369 g/mol. The fraction of sp³-hybridized carbons (Fsp3) is 0.450. The van der Waals surface area contributed by atoms with E-state index in [0.29, 0.717) is 19.6 Å². The molecule has 2 N–H and O–H groups in total. The van der Waals surface area contributed by atoms with Crippen molar-refractivity contribution in [2.45, 2.75) is 33.7 Å². The molecular weight excluding hydrogens is 342 g/mol. The standard InChI is InChI=1S/C20H27N5O2/c1-5-21-20(27)16-11-24(12-16)15(4)19(26)22-18-13(2)23-25(14(18)3)17-9-7-6-8-10-17/h6-10,15-16H,5,11-12H2,1-4H3,(H,21,27)(H,22,26)/t15-/m0/s1. The van der Waals surface area contributed by atoms with Crippen LogP contribution >= 0.6 is 0 Å². The molecule has 7 nitrogen and oxygen atoms in total. The lowest BCUT2D eigenvalue weighted by atomic mass is 9.96. The summed E-state index contributed by atoms with van der Waals surface area (Å²) >= 11 is 0. The number of nitrogens with one attached hydrogen (secondary N) is 2. The molecule has 1 atom stereocenters. The van der Waals surface area contributed by atoms with E-state index < -0.39 is 0 Å². The zero-order valence-corrected chi connectivity index (χ0v) is 16.3. The Bertz CT molecular complexity index is 824. The van der Waals surface area contributed by atoms with E-state index in [1.165, 1.54) is 0 Å². The van der Waals surface area contributed by atoms with Crippen LogP contribution in [0.4, 0.5) is 5.69 Å². The van der Waals surface area contributed by atoms with E-state index in [-0.39, 0.29) is 23.8 Å². The number of para-hydroxylation sites is 1. The van der Waals surface area contributed by atoms with Gasteiger partial charge in [0.2, 0.25) is 11.8 Å². The number of amides is 2. The van der Waals surface area contributed by atoms with Crippen molar-refractivity contribution in [3.05, 3.63) is 41.7 Å². The van der Waals surface area contributed by atoms with Gasteiger partial charge in [-0.3, -0.25) is 14.5 Å². The summed E-state index contributed by atoms with van der Waals surface area (Å²) in [6.07, 6.45) is 0. The predicted octanol–water partition coefficient (Wildman–Crippen LogP) is 1.88. The van der Waals surface area contributed by atoms with Gasteiger partial charge in [-0.1, -0.05) is 18.2 Å². The highest BCUT2D eigenvalue weighted by molar-refractivity contribution is 5.96. The molecule has 0 bridgehead atoms. The highest BCUT2D eigenvalue weighted by Crippen LogP contribution is 2.24. The quantitative estimate of drug-likeness (QED) is 0.815. The first-order chi connectivity index (χ1) is 12.9. The number of benzene rings is 1. The first-order valence-corrected chi connectivity index (χ1v) is 9.36. The third-order valence-electron chi connectivity index (χ3n) is 5.10. The number of hydrogen-bond acceptors (Lipinski definition) is 4. The number of carbonyl (C=O) groups excluding carboxylic acids is 2. The Morgan fingerprint density at radius 1 is 1.22 bits per heavy atom. The van der Waals surface area contributed by atoms with Crippen molar-refractivity contribution in [1.82, 2.24) is 20.0 Å². The summed E-state index contributed by atoms with van der Waals surface area (Å²) in [5, 5.41) is 10.4. The predicted molar refractivity (Wildman–Crippen MR) is 105 cm³/mol. The molecule has 0 unspecified atom stereocenters. The maximum Gasteiger partial charge on any atom is 0.241 e. The number of anilines is 1. The van der Waals surface area contributed by atoms with Crippen LogP contribution in [0.5, 0.6) is 0 Å². The summed E-state index contributed by atoms with van der Waals surface area (Å²) in [6, 6.07) is 9.54. The minimum atomic E-state index is -0.297. The average molecular weight is 369 g/mol. The zero-order chi connectivity index (χ0) is 19.6. The second kappa shape index (κ2) is 7.92. The summed E-state index contributed by atoms with van der Waals surface area (Å²) in [5.41, 5.74) is 3.37. The van der Waals surface area contributed by atoms with Crippen LogP contribution < -0.4 is 10.6 Å². The Morgan fingerprint density at radius 3 is 2.52 bits per heavy atom. The van der Waals surface area contributed by atoms with Gasteiger partial charge in [0.15, 0.2) is 0 Å². The molecule has 2 heterocycles. The van der Waals surface area contributed by atoms with Crippen LogP contribution in [0.25, 0.3) is 5.69 Å². The summed E-state index contributed by atoms with van der Waals surface area (Å²) < 4.78 is 1.84. The van der Waals surface area contributed by atoms with Gasteiger partial charge >= 0.3 is 0 Å². The van der Waals surface area contributed by atoms with Gasteiger partial charge < -0.3 is 10.6 Å². The molecule has 1 aliphatic rings. The largest absolute Gasteiger partial charge is 0.356 e. The molecule has 7 heteroatoms. The molecule has 3 rings (SSSR count). The third kappa shape index (κ3) is 3.88. The molecule has 144 valence electrons. The van der Waals surface area contributed by atoms with Gasteiger partial charge in [-0.2, -0.15) is 5.10 Å². The minimum absolute atomic E-state index is 0.0236. The van der Waals surface area contributed by atoms with Crippen molar-refractivity contribution < 1.29 is 9.59 Å². The van der Waals surface area contributed by atoms with Gasteiger partial charge in [-0.25, -0.2) is 4.68 Å². The fourth-order valence-electron chi connectivity index (χ4n) is 3.35. The van der Waals surface area contributed by atoms with E-state index in [2.05, 4.69) is 15.7 Å². The van der Waals surface area contributed by atoms with Crippen LogP contribution in [0.1, 0.15) is 25.2 Å². The van der Waals surface area contributed by atoms with E-state index in [0.717, 1.165) is 22.8 Å². The lowest BCUT2D eigenvalue weighted by Crippen LogP contribution is -2.59. The molecular formula is C20H27N5O2. The minimum Gasteiger partial charge on any atom is -0.356 e. The highest BCUT2D eigenvalue weighted by atomic mass is 16.2.